The Morgan fingerprint density at radius 2 is 1.56 bits per heavy atom. The van der Waals surface area contributed by atoms with E-state index in [9.17, 15) is 4.79 Å². The van der Waals surface area contributed by atoms with Gasteiger partial charge in [0.2, 0.25) is 5.88 Å². The van der Waals surface area contributed by atoms with Gasteiger partial charge in [-0.1, -0.05) is 31.2 Å². The number of hydrogen-bond donors (Lipinski definition) is 1. The maximum Gasteiger partial charge on any atom is 0.255 e. The molecule has 0 aliphatic heterocycles. The third kappa shape index (κ3) is 5.10. The highest BCUT2D eigenvalue weighted by Crippen LogP contribution is 2.25. The fourth-order valence-corrected chi connectivity index (χ4v) is 3.14. The van der Waals surface area contributed by atoms with Crippen molar-refractivity contribution in [2.24, 2.45) is 0 Å². The molecule has 0 bridgehead atoms. The number of aryl methyl sites for hydroxylation is 1. The van der Waals surface area contributed by atoms with E-state index in [-0.39, 0.29) is 5.91 Å². The average molecular weight is 425 g/mol. The molecule has 1 heterocycles. The van der Waals surface area contributed by atoms with Crippen LogP contribution in [0.1, 0.15) is 22.8 Å². The molecule has 0 radical (unpaired) electrons. The van der Waals surface area contributed by atoms with E-state index in [0.29, 0.717) is 22.9 Å². The van der Waals surface area contributed by atoms with Crippen molar-refractivity contribution in [1.29, 1.82) is 0 Å². The van der Waals surface area contributed by atoms with E-state index in [1.165, 1.54) is 11.9 Å². The van der Waals surface area contributed by atoms with Crippen LogP contribution in [0.25, 0.3) is 11.3 Å². The van der Waals surface area contributed by atoms with Gasteiger partial charge in [-0.15, -0.1) is 0 Å². The summed E-state index contributed by atoms with van der Waals surface area (Å²) in [4.78, 5) is 21.1. The van der Waals surface area contributed by atoms with Crippen LogP contribution in [0, 0.1) is 0 Å². The van der Waals surface area contributed by atoms with Crippen molar-refractivity contribution < 1.29 is 14.3 Å². The average Bonchev–Trinajstić information content (AvgIpc) is 2.85. The molecule has 0 saturated carbocycles. The molecule has 6 nitrogen and oxygen atoms in total. The first-order chi connectivity index (χ1) is 15.6. The zero-order valence-electron chi connectivity index (χ0n) is 17.9. The fraction of sp³-hybridized carbons (Fsp3) is 0.115. The SMILES string of the molecule is CCc1ccc(NC(=O)c2ccc(-c3cc(Oc4ccc(OC)cc4)ncn3)cc2)cc1. The van der Waals surface area contributed by atoms with Crippen LogP contribution in [0.5, 0.6) is 17.4 Å². The van der Waals surface area contributed by atoms with Crippen LogP contribution in [0.3, 0.4) is 0 Å². The molecule has 4 rings (SSSR count). The zero-order chi connectivity index (χ0) is 22.3. The van der Waals surface area contributed by atoms with Crippen LogP contribution in [0.15, 0.2) is 85.2 Å². The van der Waals surface area contributed by atoms with Gasteiger partial charge >= 0.3 is 0 Å². The van der Waals surface area contributed by atoms with Crippen molar-refractivity contribution in [2.45, 2.75) is 13.3 Å². The van der Waals surface area contributed by atoms with Gasteiger partial charge in [0.25, 0.3) is 5.91 Å². The van der Waals surface area contributed by atoms with Crippen molar-refractivity contribution in [1.82, 2.24) is 9.97 Å². The molecule has 0 aliphatic carbocycles. The number of aromatic nitrogens is 2. The lowest BCUT2D eigenvalue weighted by Crippen LogP contribution is -2.11. The Balaban J connectivity index is 1.44. The summed E-state index contributed by atoms with van der Waals surface area (Å²) in [5.74, 6) is 1.67. The minimum absolute atomic E-state index is 0.160. The smallest absolute Gasteiger partial charge is 0.255 e. The molecule has 0 fully saturated rings. The molecule has 0 aliphatic rings. The zero-order valence-corrected chi connectivity index (χ0v) is 17.9. The number of ether oxygens (including phenoxy) is 2. The summed E-state index contributed by atoms with van der Waals surface area (Å²) in [6.07, 6.45) is 2.42. The summed E-state index contributed by atoms with van der Waals surface area (Å²) in [6, 6.07) is 24.1. The van der Waals surface area contributed by atoms with Crippen LogP contribution in [0.4, 0.5) is 5.69 Å². The van der Waals surface area contributed by atoms with Crippen LogP contribution < -0.4 is 14.8 Å². The van der Waals surface area contributed by atoms with Crippen LogP contribution in [0.2, 0.25) is 0 Å². The fourth-order valence-electron chi connectivity index (χ4n) is 3.14. The quantitative estimate of drug-likeness (QED) is 0.408. The third-order valence-electron chi connectivity index (χ3n) is 4.99. The van der Waals surface area contributed by atoms with Crippen molar-refractivity contribution in [3.05, 3.63) is 96.3 Å². The number of hydrogen-bond acceptors (Lipinski definition) is 5. The van der Waals surface area contributed by atoms with Crippen LogP contribution in [-0.2, 0) is 6.42 Å². The maximum atomic E-state index is 12.6. The normalized spacial score (nSPS) is 10.4. The molecule has 6 heteroatoms. The van der Waals surface area contributed by atoms with Crippen molar-refractivity contribution in [3.63, 3.8) is 0 Å². The van der Waals surface area contributed by atoms with Gasteiger partial charge < -0.3 is 14.8 Å². The molecule has 0 unspecified atom stereocenters. The molecule has 3 aromatic carbocycles. The van der Waals surface area contributed by atoms with Gasteiger partial charge in [0, 0.05) is 22.9 Å². The van der Waals surface area contributed by atoms with Gasteiger partial charge in [-0.25, -0.2) is 9.97 Å². The lowest BCUT2D eigenvalue weighted by Gasteiger charge is -2.08. The Kier molecular flexibility index (Phi) is 6.41. The first-order valence-electron chi connectivity index (χ1n) is 10.3. The Morgan fingerprint density at radius 1 is 0.875 bits per heavy atom. The second-order valence-corrected chi connectivity index (χ2v) is 7.10. The summed E-state index contributed by atoms with van der Waals surface area (Å²) < 4.78 is 11.0. The van der Waals surface area contributed by atoms with E-state index in [2.05, 4.69) is 22.2 Å². The van der Waals surface area contributed by atoms with Crippen LogP contribution in [-0.4, -0.2) is 23.0 Å². The van der Waals surface area contributed by atoms with Crippen molar-refractivity contribution in [3.8, 4) is 28.6 Å². The first-order valence-corrected chi connectivity index (χ1v) is 10.3. The lowest BCUT2D eigenvalue weighted by molar-refractivity contribution is 0.102. The van der Waals surface area contributed by atoms with Gasteiger partial charge in [0.05, 0.1) is 12.8 Å². The molecule has 1 amide bonds. The molecule has 1 aromatic heterocycles. The van der Waals surface area contributed by atoms with Gasteiger partial charge in [0.1, 0.15) is 17.8 Å². The number of nitrogens with one attached hydrogen (secondary N) is 1. The summed E-state index contributed by atoms with van der Waals surface area (Å²) in [5.41, 5.74) is 4.12. The monoisotopic (exact) mass is 425 g/mol. The summed E-state index contributed by atoms with van der Waals surface area (Å²) in [6.45, 7) is 2.10. The number of anilines is 1. The molecule has 0 saturated heterocycles. The maximum absolute atomic E-state index is 12.6. The highest BCUT2D eigenvalue weighted by molar-refractivity contribution is 6.04. The first kappa shape index (κ1) is 21.1. The number of carbonyl (C=O) groups is 1. The van der Waals surface area contributed by atoms with E-state index < -0.39 is 0 Å². The Hall–Kier alpha value is -4.19. The van der Waals surface area contributed by atoms with Crippen LogP contribution >= 0.6 is 0 Å². The number of methoxy groups -OCH3 is 1. The topological polar surface area (TPSA) is 73.3 Å². The van der Waals surface area contributed by atoms with Gasteiger partial charge in [-0.2, -0.15) is 0 Å². The van der Waals surface area contributed by atoms with E-state index in [1.54, 1.807) is 25.3 Å². The number of amides is 1. The molecular weight excluding hydrogens is 402 g/mol. The Bertz CT molecular complexity index is 1190. The molecule has 1 N–H and O–H groups in total. The summed E-state index contributed by atoms with van der Waals surface area (Å²) in [7, 11) is 1.62. The predicted molar refractivity (Wildman–Crippen MR) is 124 cm³/mol. The number of carbonyl (C=O) groups excluding carboxylic acids is 1. The Morgan fingerprint density at radius 3 is 2.22 bits per heavy atom. The van der Waals surface area contributed by atoms with E-state index >= 15 is 0 Å². The second-order valence-electron chi connectivity index (χ2n) is 7.10. The molecule has 0 spiro atoms. The van der Waals surface area contributed by atoms with Gasteiger partial charge in [0.15, 0.2) is 0 Å². The minimum Gasteiger partial charge on any atom is -0.497 e. The molecule has 160 valence electrons. The second kappa shape index (κ2) is 9.75. The van der Waals surface area contributed by atoms with E-state index in [4.69, 9.17) is 9.47 Å². The number of rotatable bonds is 7. The molecule has 4 aromatic rings. The molecule has 32 heavy (non-hydrogen) atoms. The summed E-state index contributed by atoms with van der Waals surface area (Å²) in [5, 5.41) is 2.92. The van der Waals surface area contributed by atoms with Crippen molar-refractivity contribution >= 4 is 11.6 Å². The largest absolute Gasteiger partial charge is 0.497 e. The standard InChI is InChI=1S/C26H23N3O3/c1-3-18-4-10-21(11-5-18)29-26(30)20-8-6-19(7-9-20)24-16-25(28-17-27-24)32-23-14-12-22(31-2)13-15-23/h4-17H,3H2,1-2H3,(H,29,30). The molecule has 0 atom stereocenters. The van der Waals surface area contributed by atoms with Gasteiger partial charge in [-0.3, -0.25) is 4.79 Å². The highest BCUT2D eigenvalue weighted by Gasteiger charge is 2.09. The Labute approximate surface area is 186 Å². The predicted octanol–water partition coefficient (Wildman–Crippen LogP) is 5.76. The van der Waals surface area contributed by atoms with Gasteiger partial charge in [-0.05, 0) is 60.5 Å². The minimum atomic E-state index is -0.160. The molecular formula is C26H23N3O3. The highest BCUT2D eigenvalue weighted by atomic mass is 16.5. The summed E-state index contributed by atoms with van der Waals surface area (Å²) >= 11 is 0. The van der Waals surface area contributed by atoms with E-state index in [1.807, 2.05) is 60.7 Å². The lowest BCUT2D eigenvalue weighted by atomic mass is 10.1. The third-order valence-corrected chi connectivity index (χ3v) is 4.99. The number of benzene rings is 3. The number of nitrogens with zero attached hydrogens (tertiary/aromatic N) is 2. The van der Waals surface area contributed by atoms with E-state index in [0.717, 1.165) is 23.4 Å². The van der Waals surface area contributed by atoms with Crippen molar-refractivity contribution in [2.75, 3.05) is 12.4 Å².